The third-order valence-corrected chi connectivity index (χ3v) is 3.87. The van der Waals surface area contributed by atoms with E-state index < -0.39 is 0 Å². The molecule has 1 aromatic heterocycles. The van der Waals surface area contributed by atoms with Gasteiger partial charge < -0.3 is 5.32 Å². The molecular formula is C13H14BrN3OS. The van der Waals surface area contributed by atoms with Gasteiger partial charge in [-0.1, -0.05) is 39.4 Å². The highest BCUT2D eigenvalue weighted by Gasteiger charge is 2.09. The van der Waals surface area contributed by atoms with Crippen LogP contribution in [-0.2, 0) is 6.42 Å². The van der Waals surface area contributed by atoms with Crippen LogP contribution in [0.15, 0.2) is 28.7 Å². The van der Waals surface area contributed by atoms with Crippen molar-refractivity contribution in [1.82, 2.24) is 15.5 Å². The van der Waals surface area contributed by atoms with Crippen LogP contribution in [0.5, 0.6) is 0 Å². The highest BCUT2D eigenvalue weighted by atomic mass is 79.9. The largest absolute Gasteiger partial charge is 0.350 e. The van der Waals surface area contributed by atoms with Crippen LogP contribution in [0.25, 0.3) is 0 Å². The van der Waals surface area contributed by atoms with Gasteiger partial charge in [-0.15, -0.1) is 10.2 Å². The van der Waals surface area contributed by atoms with Crippen molar-refractivity contribution < 1.29 is 4.79 Å². The molecule has 19 heavy (non-hydrogen) atoms. The van der Waals surface area contributed by atoms with Gasteiger partial charge in [0.05, 0.1) is 0 Å². The SMILES string of the molecule is Cc1nnc(C(=O)NCCCc2cccc(Br)c2)s1. The van der Waals surface area contributed by atoms with E-state index in [1.807, 2.05) is 19.1 Å². The van der Waals surface area contributed by atoms with E-state index in [-0.39, 0.29) is 5.91 Å². The molecule has 2 aromatic rings. The number of hydrogen-bond acceptors (Lipinski definition) is 4. The quantitative estimate of drug-likeness (QED) is 0.852. The third kappa shape index (κ3) is 4.40. The van der Waals surface area contributed by atoms with Gasteiger partial charge in [0.1, 0.15) is 5.01 Å². The number of halogens is 1. The Kier molecular flexibility index (Phi) is 5.04. The molecule has 100 valence electrons. The van der Waals surface area contributed by atoms with Gasteiger partial charge in [0, 0.05) is 11.0 Å². The summed E-state index contributed by atoms with van der Waals surface area (Å²) < 4.78 is 1.08. The number of carbonyl (C=O) groups is 1. The van der Waals surface area contributed by atoms with Gasteiger partial charge in [-0.25, -0.2) is 0 Å². The molecule has 6 heteroatoms. The third-order valence-electron chi connectivity index (χ3n) is 2.54. The van der Waals surface area contributed by atoms with Crippen LogP contribution in [0.4, 0.5) is 0 Å². The Labute approximate surface area is 124 Å². The fourth-order valence-electron chi connectivity index (χ4n) is 1.65. The standard InChI is InChI=1S/C13H14BrN3OS/c1-9-16-17-13(19-9)12(18)15-7-3-5-10-4-2-6-11(14)8-10/h2,4,6,8H,3,5,7H2,1H3,(H,15,18). The van der Waals surface area contributed by atoms with Crippen LogP contribution in [0.3, 0.4) is 0 Å². The van der Waals surface area contributed by atoms with Gasteiger partial charge >= 0.3 is 0 Å². The van der Waals surface area contributed by atoms with Gasteiger partial charge in [-0.3, -0.25) is 4.79 Å². The first-order chi connectivity index (χ1) is 9.15. The number of amides is 1. The summed E-state index contributed by atoms with van der Waals surface area (Å²) in [6, 6.07) is 8.20. The van der Waals surface area contributed by atoms with E-state index in [0.29, 0.717) is 11.6 Å². The van der Waals surface area contributed by atoms with Crippen LogP contribution in [0.2, 0.25) is 0 Å². The number of carbonyl (C=O) groups excluding carboxylic acids is 1. The average Bonchev–Trinajstić information content (AvgIpc) is 2.81. The van der Waals surface area contributed by atoms with Crippen molar-refractivity contribution in [2.24, 2.45) is 0 Å². The zero-order valence-corrected chi connectivity index (χ0v) is 12.9. The maximum Gasteiger partial charge on any atom is 0.282 e. The normalized spacial score (nSPS) is 10.4. The maximum atomic E-state index is 11.7. The molecular weight excluding hydrogens is 326 g/mol. The van der Waals surface area contributed by atoms with Gasteiger partial charge in [0.2, 0.25) is 5.01 Å². The lowest BCUT2D eigenvalue weighted by Crippen LogP contribution is -2.24. The Morgan fingerprint density at radius 1 is 1.42 bits per heavy atom. The highest BCUT2D eigenvalue weighted by molar-refractivity contribution is 9.10. The second-order valence-corrected chi connectivity index (χ2v) is 6.21. The molecule has 1 aromatic carbocycles. The molecule has 2 rings (SSSR count). The fraction of sp³-hybridized carbons (Fsp3) is 0.308. The lowest BCUT2D eigenvalue weighted by molar-refractivity contribution is 0.0952. The van der Waals surface area contributed by atoms with E-state index in [2.05, 4.69) is 43.6 Å². The monoisotopic (exact) mass is 339 g/mol. The van der Waals surface area contributed by atoms with Crippen molar-refractivity contribution in [2.75, 3.05) is 6.54 Å². The second-order valence-electron chi connectivity index (χ2n) is 4.12. The minimum absolute atomic E-state index is 0.139. The lowest BCUT2D eigenvalue weighted by Gasteiger charge is -2.03. The van der Waals surface area contributed by atoms with Crippen molar-refractivity contribution in [3.8, 4) is 0 Å². The van der Waals surface area contributed by atoms with Crippen molar-refractivity contribution in [3.63, 3.8) is 0 Å². The molecule has 0 atom stereocenters. The van der Waals surface area contributed by atoms with Crippen LogP contribution in [0, 0.1) is 6.92 Å². The summed E-state index contributed by atoms with van der Waals surface area (Å²) in [5.74, 6) is -0.139. The number of aromatic nitrogens is 2. The van der Waals surface area contributed by atoms with Crippen LogP contribution < -0.4 is 5.32 Å². The first-order valence-electron chi connectivity index (χ1n) is 5.98. The predicted molar refractivity (Wildman–Crippen MR) is 79.4 cm³/mol. The molecule has 0 aliphatic rings. The predicted octanol–water partition coefficient (Wildman–Crippen LogP) is 2.97. The molecule has 0 spiro atoms. The number of benzene rings is 1. The zero-order chi connectivity index (χ0) is 13.7. The van der Waals surface area contributed by atoms with E-state index >= 15 is 0 Å². The molecule has 0 fully saturated rings. The van der Waals surface area contributed by atoms with Crippen LogP contribution >= 0.6 is 27.3 Å². The minimum Gasteiger partial charge on any atom is -0.350 e. The Morgan fingerprint density at radius 3 is 2.95 bits per heavy atom. The molecule has 1 amide bonds. The van der Waals surface area contributed by atoms with E-state index in [9.17, 15) is 4.79 Å². The summed E-state index contributed by atoms with van der Waals surface area (Å²) in [5.41, 5.74) is 1.26. The molecule has 0 aliphatic carbocycles. The number of nitrogens with zero attached hydrogens (tertiary/aromatic N) is 2. The Balaban J connectivity index is 1.74. The topological polar surface area (TPSA) is 54.9 Å². The number of rotatable bonds is 5. The van der Waals surface area contributed by atoms with Gasteiger partial charge in [0.25, 0.3) is 5.91 Å². The number of nitrogens with one attached hydrogen (secondary N) is 1. The van der Waals surface area contributed by atoms with E-state index in [0.717, 1.165) is 22.3 Å². The Hall–Kier alpha value is -1.27. The summed E-state index contributed by atoms with van der Waals surface area (Å²) in [6.07, 6.45) is 1.84. The second kappa shape index (κ2) is 6.77. The fourth-order valence-corrected chi connectivity index (χ4v) is 2.71. The molecule has 4 nitrogen and oxygen atoms in total. The number of hydrogen-bond donors (Lipinski definition) is 1. The smallest absolute Gasteiger partial charge is 0.282 e. The summed E-state index contributed by atoms with van der Waals surface area (Å²) in [5, 5.41) is 11.7. The first kappa shape index (κ1) is 14.1. The molecule has 0 unspecified atom stereocenters. The summed E-state index contributed by atoms with van der Waals surface area (Å²) in [4.78, 5) is 11.7. The van der Waals surface area contributed by atoms with E-state index in [4.69, 9.17) is 0 Å². The van der Waals surface area contributed by atoms with Gasteiger partial charge in [-0.2, -0.15) is 0 Å². The molecule has 0 aliphatic heterocycles. The number of aryl methyl sites for hydroxylation is 2. The van der Waals surface area contributed by atoms with E-state index in [1.54, 1.807) is 0 Å². The van der Waals surface area contributed by atoms with Gasteiger partial charge in [-0.05, 0) is 37.5 Å². The van der Waals surface area contributed by atoms with Crippen molar-refractivity contribution >= 4 is 33.2 Å². The van der Waals surface area contributed by atoms with Crippen LogP contribution in [-0.4, -0.2) is 22.6 Å². The van der Waals surface area contributed by atoms with Gasteiger partial charge in [0.15, 0.2) is 0 Å². The molecule has 1 N–H and O–H groups in total. The average molecular weight is 340 g/mol. The molecule has 0 bridgehead atoms. The molecule has 0 radical (unpaired) electrons. The van der Waals surface area contributed by atoms with Crippen molar-refractivity contribution in [2.45, 2.75) is 19.8 Å². The molecule has 0 saturated carbocycles. The Morgan fingerprint density at radius 2 is 2.26 bits per heavy atom. The highest BCUT2D eigenvalue weighted by Crippen LogP contribution is 2.13. The Bertz CT molecular complexity index is 571. The van der Waals surface area contributed by atoms with Crippen LogP contribution in [0.1, 0.15) is 26.8 Å². The zero-order valence-electron chi connectivity index (χ0n) is 10.5. The van der Waals surface area contributed by atoms with Crippen molar-refractivity contribution in [1.29, 1.82) is 0 Å². The first-order valence-corrected chi connectivity index (χ1v) is 7.59. The minimum atomic E-state index is -0.139. The molecule has 0 saturated heterocycles. The summed E-state index contributed by atoms with van der Waals surface area (Å²) in [7, 11) is 0. The summed E-state index contributed by atoms with van der Waals surface area (Å²) in [6.45, 7) is 2.48. The van der Waals surface area contributed by atoms with E-state index in [1.165, 1.54) is 16.9 Å². The van der Waals surface area contributed by atoms with Crippen molar-refractivity contribution in [3.05, 3.63) is 44.3 Å². The summed E-state index contributed by atoms with van der Waals surface area (Å²) >= 11 is 4.76. The lowest BCUT2D eigenvalue weighted by atomic mass is 10.1. The maximum absolute atomic E-state index is 11.7. The molecule has 1 heterocycles.